The van der Waals surface area contributed by atoms with E-state index >= 15 is 0 Å². The molecule has 0 aromatic carbocycles. The second kappa shape index (κ2) is 4.49. The fourth-order valence-electron chi connectivity index (χ4n) is 1.65. The van der Waals surface area contributed by atoms with Crippen LogP contribution in [0.3, 0.4) is 0 Å². The van der Waals surface area contributed by atoms with Crippen molar-refractivity contribution < 1.29 is 4.39 Å². The summed E-state index contributed by atoms with van der Waals surface area (Å²) in [6.07, 6.45) is 0.345. The Balaban J connectivity index is 2.18. The molecule has 0 aliphatic carbocycles. The maximum atomic E-state index is 12.9. The van der Waals surface area contributed by atoms with E-state index in [-0.39, 0.29) is 0 Å². The van der Waals surface area contributed by atoms with Crippen LogP contribution in [0.15, 0.2) is 6.07 Å². The van der Waals surface area contributed by atoms with Gasteiger partial charge in [-0.1, -0.05) is 23.2 Å². The number of aromatic nitrogens is 2. The van der Waals surface area contributed by atoms with Crippen molar-refractivity contribution in [2.75, 3.05) is 18.0 Å². The number of anilines is 1. The second-order valence-corrected chi connectivity index (χ2v) is 4.25. The summed E-state index contributed by atoms with van der Waals surface area (Å²) in [5.74, 6) is 0. The first kappa shape index (κ1) is 10.9. The zero-order valence-corrected chi connectivity index (χ0v) is 9.47. The van der Waals surface area contributed by atoms with Crippen LogP contribution in [0.4, 0.5) is 10.1 Å². The van der Waals surface area contributed by atoms with E-state index in [0.29, 0.717) is 36.2 Å². The first-order valence-corrected chi connectivity index (χ1v) is 5.50. The van der Waals surface area contributed by atoms with Crippen molar-refractivity contribution in [3.8, 4) is 0 Å². The Bertz CT molecular complexity index is 353. The molecule has 0 atom stereocenters. The molecule has 0 amide bonds. The van der Waals surface area contributed by atoms with Crippen LogP contribution in [0.2, 0.25) is 10.3 Å². The highest BCUT2D eigenvalue weighted by Crippen LogP contribution is 2.28. The summed E-state index contributed by atoms with van der Waals surface area (Å²) in [5.41, 5.74) is 0.739. The molecule has 0 N–H and O–H groups in total. The number of hydrogen-bond donors (Lipinski definition) is 0. The van der Waals surface area contributed by atoms with Crippen LogP contribution in [-0.4, -0.2) is 29.5 Å². The molecule has 0 spiro atoms. The van der Waals surface area contributed by atoms with E-state index in [1.165, 1.54) is 0 Å². The van der Waals surface area contributed by atoms with Crippen molar-refractivity contribution in [2.45, 2.75) is 19.0 Å². The fourth-order valence-corrected chi connectivity index (χ4v) is 2.01. The van der Waals surface area contributed by atoms with Crippen LogP contribution in [0.1, 0.15) is 12.8 Å². The lowest BCUT2D eigenvalue weighted by Crippen LogP contribution is -2.34. The quantitative estimate of drug-likeness (QED) is 0.767. The zero-order chi connectivity index (χ0) is 10.8. The Kier molecular flexibility index (Phi) is 3.26. The summed E-state index contributed by atoms with van der Waals surface area (Å²) in [4.78, 5) is 1.99. The maximum absolute atomic E-state index is 12.9. The summed E-state index contributed by atoms with van der Waals surface area (Å²) in [7, 11) is 0. The third kappa shape index (κ3) is 2.49. The summed E-state index contributed by atoms with van der Waals surface area (Å²) in [6, 6.07) is 1.66. The first-order chi connectivity index (χ1) is 7.16. The molecule has 1 aromatic heterocycles. The molecule has 1 aliphatic heterocycles. The Morgan fingerprint density at radius 2 is 1.93 bits per heavy atom. The van der Waals surface area contributed by atoms with Crippen LogP contribution in [0.25, 0.3) is 0 Å². The first-order valence-electron chi connectivity index (χ1n) is 4.74. The molecule has 0 unspecified atom stereocenters. The number of hydrogen-bond acceptors (Lipinski definition) is 3. The molecule has 15 heavy (non-hydrogen) atoms. The average Bonchev–Trinajstić information content (AvgIpc) is 2.23. The summed E-state index contributed by atoms with van der Waals surface area (Å²) in [5, 5.41) is 7.97. The molecule has 0 radical (unpaired) electrons. The summed E-state index contributed by atoms with van der Waals surface area (Å²) in [6.45, 7) is 1.28. The molecule has 82 valence electrons. The molecule has 0 saturated carbocycles. The largest absolute Gasteiger partial charge is 0.369 e. The van der Waals surface area contributed by atoms with Gasteiger partial charge in [0, 0.05) is 19.2 Å². The second-order valence-electron chi connectivity index (χ2n) is 3.50. The average molecular weight is 250 g/mol. The molecule has 1 fully saturated rings. The van der Waals surface area contributed by atoms with Gasteiger partial charge in [0.25, 0.3) is 0 Å². The Hall–Kier alpha value is -0.610. The van der Waals surface area contributed by atoms with E-state index in [0.717, 1.165) is 5.69 Å². The molecule has 1 saturated heterocycles. The smallest absolute Gasteiger partial charge is 0.175 e. The molecular weight excluding hydrogens is 240 g/mol. The summed E-state index contributed by atoms with van der Waals surface area (Å²) < 4.78 is 12.9. The number of nitrogens with zero attached hydrogens (tertiary/aromatic N) is 3. The molecule has 3 nitrogen and oxygen atoms in total. The highest BCUT2D eigenvalue weighted by molar-refractivity contribution is 6.33. The van der Waals surface area contributed by atoms with Crippen LogP contribution in [0.5, 0.6) is 0 Å². The lowest BCUT2D eigenvalue weighted by molar-refractivity contribution is 0.277. The zero-order valence-electron chi connectivity index (χ0n) is 7.96. The lowest BCUT2D eigenvalue weighted by Gasteiger charge is -2.30. The SMILES string of the molecule is FC1CCN(c2cc(Cl)nnc2Cl)CC1. The van der Waals surface area contributed by atoms with Gasteiger partial charge in [0.05, 0.1) is 5.69 Å². The number of rotatable bonds is 1. The van der Waals surface area contributed by atoms with Gasteiger partial charge in [0.1, 0.15) is 6.17 Å². The predicted molar refractivity (Wildman–Crippen MR) is 58.4 cm³/mol. The van der Waals surface area contributed by atoms with Crippen LogP contribution in [-0.2, 0) is 0 Å². The molecular formula is C9H10Cl2FN3. The van der Waals surface area contributed by atoms with Crippen molar-refractivity contribution in [2.24, 2.45) is 0 Å². The number of alkyl halides is 1. The lowest BCUT2D eigenvalue weighted by atomic mass is 10.1. The van der Waals surface area contributed by atoms with Crippen molar-refractivity contribution in [3.05, 3.63) is 16.4 Å². The molecule has 0 bridgehead atoms. The van der Waals surface area contributed by atoms with Gasteiger partial charge in [-0.05, 0) is 12.8 Å². The van der Waals surface area contributed by atoms with Crippen LogP contribution < -0.4 is 4.90 Å². The van der Waals surface area contributed by atoms with E-state index in [9.17, 15) is 4.39 Å². The standard InChI is InChI=1S/C9H10Cl2FN3/c10-8-5-7(9(11)14-13-8)15-3-1-6(12)2-4-15/h5-6H,1-4H2. The minimum atomic E-state index is -0.703. The van der Waals surface area contributed by atoms with Gasteiger partial charge >= 0.3 is 0 Å². The third-order valence-electron chi connectivity index (χ3n) is 2.47. The molecule has 1 aliphatic rings. The van der Waals surface area contributed by atoms with Crippen molar-refractivity contribution in [1.82, 2.24) is 10.2 Å². The fraction of sp³-hybridized carbons (Fsp3) is 0.556. The minimum absolute atomic E-state index is 0.303. The molecule has 2 rings (SSSR count). The van der Waals surface area contributed by atoms with Crippen molar-refractivity contribution in [3.63, 3.8) is 0 Å². The highest BCUT2D eigenvalue weighted by Gasteiger charge is 2.21. The van der Waals surface area contributed by atoms with E-state index < -0.39 is 6.17 Å². The van der Waals surface area contributed by atoms with Gasteiger partial charge in [0.15, 0.2) is 10.3 Å². The Morgan fingerprint density at radius 1 is 1.27 bits per heavy atom. The van der Waals surface area contributed by atoms with Crippen molar-refractivity contribution in [1.29, 1.82) is 0 Å². The van der Waals surface area contributed by atoms with Gasteiger partial charge in [-0.3, -0.25) is 0 Å². The number of piperidine rings is 1. The van der Waals surface area contributed by atoms with E-state index in [4.69, 9.17) is 23.2 Å². The van der Waals surface area contributed by atoms with E-state index in [1.807, 2.05) is 4.90 Å². The van der Waals surface area contributed by atoms with E-state index in [1.54, 1.807) is 6.07 Å². The van der Waals surface area contributed by atoms with E-state index in [2.05, 4.69) is 10.2 Å². The number of halogens is 3. The topological polar surface area (TPSA) is 29.0 Å². The highest BCUT2D eigenvalue weighted by atomic mass is 35.5. The molecule has 2 heterocycles. The van der Waals surface area contributed by atoms with Gasteiger partial charge in [-0.2, -0.15) is 0 Å². The minimum Gasteiger partial charge on any atom is -0.369 e. The maximum Gasteiger partial charge on any atom is 0.175 e. The van der Waals surface area contributed by atoms with Crippen LogP contribution >= 0.6 is 23.2 Å². The molecule has 1 aromatic rings. The molecule has 6 heteroatoms. The van der Waals surface area contributed by atoms with Gasteiger partial charge in [-0.15, -0.1) is 10.2 Å². The van der Waals surface area contributed by atoms with Crippen LogP contribution in [0, 0.1) is 0 Å². The van der Waals surface area contributed by atoms with Gasteiger partial charge < -0.3 is 4.90 Å². The van der Waals surface area contributed by atoms with Crippen molar-refractivity contribution >= 4 is 28.9 Å². The monoisotopic (exact) mass is 249 g/mol. The Morgan fingerprint density at radius 3 is 2.60 bits per heavy atom. The van der Waals surface area contributed by atoms with Gasteiger partial charge in [0.2, 0.25) is 0 Å². The van der Waals surface area contributed by atoms with Gasteiger partial charge in [-0.25, -0.2) is 4.39 Å². The summed E-state index contributed by atoms with van der Waals surface area (Å²) >= 11 is 11.6. The Labute approximate surface area is 97.2 Å². The third-order valence-corrected chi connectivity index (χ3v) is 2.92. The normalized spacial score (nSPS) is 18.2. The predicted octanol–water partition coefficient (Wildman–Crippen LogP) is 2.72.